The summed E-state index contributed by atoms with van der Waals surface area (Å²) in [7, 11) is 0. The maximum atomic E-state index is 12.3. The van der Waals surface area contributed by atoms with E-state index < -0.39 is 0 Å². The van der Waals surface area contributed by atoms with Gasteiger partial charge >= 0.3 is 0 Å². The predicted octanol–water partition coefficient (Wildman–Crippen LogP) is 3.55. The minimum Gasteiger partial charge on any atom is -0.349 e. The average Bonchev–Trinajstić information content (AvgIpc) is 3.02. The molecule has 6 heteroatoms. The summed E-state index contributed by atoms with van der Waals surface area (Å²) in [5.74, 6) is 1.07. The quantitative estimate of drug-likeness (QED) is 0.689. The molecular weight excluding hydrogens is 332 g/mol. The lowest BCUT2D eigenvalue weighted by molar-refractivity contribution is -0.119. The summed E-state index contributed by atoms with van der Waals surface area (Å²) < 4.78 is 1.96. The van der Waals surface area contributed by atoms with E-state index in [9.17, 15) is 4.79 Å². The zero-order valence-electron chi connectivity index (χ0n) is 14.2. The molecule has 0 aliphatic heterocycles. The molecule has 0 fully saturated rings. The van der Waals surface area contributed by atoms with Crippen molar-refractivity contribution in [1.29, 1.82) is 0 Å². The lowest BCUT2D eigenvalue weighted by Crippen LogP contribution is -2.28. The van der Waals surface area contributed by atoms with Crippen molar-refractivity contribution in [2.24, 2.45) is 0 Å². The topological polar surface area (TPSA) is 59.8 Å². The van der Waals surface area contributed by atoms with E-state index in [1.807, 2.05) is 79.1 Å². The van der Waals surface area contributed by atoms with Crippen molar-refractivity contribution in [3.05, 3.63) is 72.1 Å². The molecule has 0 spiro atoms. The monoisotopic (exact) mass is 352 g/mol. The van der Waals surface area contributed by atoms with E-state index in [-0.39, 0.29) is 11.9 Å². The smallest absolute Gasteiger partial charge is 0.230 e. The van der Waals surface area contributed by atoms with Crippen LogP contribution in [0.15, 0.2) is 65.8 Å². The molecule has 0 saturated heterocycles. The Morgan fingerprint density at radius 3 is 2.40 bits per heavy atom. The van der Waals surface area contributed by atoms with Crippen LogP contribution in [0.5, 0.6) is 0 Å². The molecule has 0 aliphatic rings. The third kappa shape index (κ3) is 4.28. The van der Waals surface area contributed by atoms with Crippen molar-refractivity contribution < 1.29 is 4.79 Å². The number of nitrogens with one attached hydrogen (secondary N) is 1. The maximum absolute atomic E-state index is 12.3. The molecule has 1 unspecified atom stereocenters. The summed E-state index contributed by atoms with van der Waals surface area (Å²) in [6.45, 7) is 3.89. The molecule has 25 heavy (non-hydrogen) atoms. The van der Waals surface area contributed by atoms with Gasteiger partial charge in [-0.3, -0.25) is 9.36 Å². The number of aromatic nitrogens is 3. The number of aryl methyl sites for hydroxylation is 1. The number of carbonyl (C=O) groups is 1. The molecule has 2 aromatic carbocycles. The summed E-state index contributed by atoms with van der Waals surface area (Å²) in [6, 6.07) is 19.8. The van der Waals surface area contributed by atoms with Crippen molar-refractivity contribution in [2.75, 3.05) is 5.75 Å². The zero-order valence-corrected chi connectivity index (χ0v) is 15.0. The number of carbonyl (C=O) groups excluding carboxylic acids is 1. The number of hydrogen-bond donors (Lipinski definition) is 1. The van der Waals surface area contributed by atoms with E-state index in [1.165, 1.54) is 11.8 Å². The Kier molecular flexibility index (Phi) is 5.50. The number of hydrogen-bond acceptors (Lipinski definition) is 4. The summed E-state index contributed by atoms with van der Waals surface area (Å²) in [5, 5.41) is 12.1. The van der Waals surface area contributed by atoms with Crippen molar-refractivity contribution in [3.8, 4) is 5.69 Å². The van der Waals surface area contributed by atoms with E-state index in [1.54, 1.807) is 0 Å². The summed E-state index contributed by atoms with van der Waals surface area (Å²) in [5.41, 5.74) is 2.08. The molecule has 1 aromatic heterocycles. The number of rotatable bonds is 6. The van der Waals surface area contributed by atoms with Crippen LogP contribution in [-0.2, 0) is 4.79 Å². The molecule has 3 rings (SSSR count). The molecule has 128 valence electrons. The van der Waals surface area contributed by atoms with Crippen LogP contribution in [0, 0.1) is 6.92 Å². The normalized spacial score (nSPS) is 11.9. The fourth-order valence-electron chi connectivity index (χ4n) is 2.55. The van der Waals surface area contributed by atoms with Crippen LogP contribution in [0.25, 0.3) is 5.69 Å². The highest BCUT2D eigenvalue weighted by Gasteiger charge is 2.14. The van der Waals surface area contributed by atoms with Crippen molar-refractivity contribution >= 4 is 17.7 Å². The van der Waals surface area contributed by atoms with Gasteiger partial charge in [0.1, 0.15) is 5.82 Å². The highest BCUT2D eigenvalue weighted by atomic mass is 32.2. The second kappa shape index (κ2) is 7.98. The second-order valence-electron chi connectivity index (χ2n) is 5.69. The lowest BCUT2D eigenvalue weighted by Gasteiger charge is -2.14. The number of nitrogens with zero attached hydrogens (tertiary/aromatic N) is 3. The Hall–Kier alpha value is -2.60. The SMILES string of the molecule is Cc1nnc(SCC(=O)NC(C)c2ccccc2)n1-c1ccccc1. The lowest BCUT2D eigenvalue weighted by atomic mass is 10.1. The van der Waals surface area contributed by atoms with Gasteiger partial charge in [0.15, 0.2) is 5.16 Å². The van der Waals surface area contributed by atoms with E-state index >= 15 is 0 Å². The van der Waals surface area contributed by atoms with Gasteiger partial charge in [-0.15, -0.1) is 10.2 Å². The molecule has 0 radical (unpaired) electrons. The molecule has 3 aromatic rings. The first kappa shape index (κ1) is 17.2. The van der Waals surface area contributed by atoms with Crippen molar-refractivity contribution in [3.63, 3.8) is 0 Å². The van der Waals surface area contributed by atoms with Crippen LogP contribution in [0.3, 0.4) is 0 Å². The molecule has 5 nitrogen and oxygen atoms in total. The third-order valence-electron chi connectivity index (χ3n) is 3.82. The van der Waals surface area contributed by atoms with E-state index in [4.69, 9.17) is 0 Å². The fourth-order valence-corrected chi connectivity index (χ4v) is 3.36. The zero-order chi connectivity index (χ0) is 17.6. The summed E-state index contributed by atoms with van der Waals surface area (Å²) >= 11 is 1.39. The summed E-state index contributed by atoms with van der Waals surface area (Å²) in [4.78, 5) is 12.3. The number of amides is 1. The molecular formula is C19H20N4OS. The molecule has 0 aliphatic carbocycles. The minimum atomic E-state index is -0.0263. The Morgan fingerprint density at radius 1 is 1.08 bits per heavy atom. The molecule has 1 amide bonds. The predicted molar refractivity (Wildman–Crippen MR) is 99.8 cm³/mol. The number of thioether (sulfide) groups is 1. The van der Waals surface area contributed by atoms with Crippen molar-refractivity contribution in [1.82, 2.24) is 20.1 Å². The van der Waals surface area contributed by atoms with Gasteiger partial charge in [0.2, 0.25) is 5.91 Å². The summed E-state index contributed by atoms with van der Waals surface area (Å²) in [6.07, 6.45) is 0. The van der Waals surface area contributed by atoms with Crippen LogP contribution in [0.4, 0.5) is 0 Å². The van der Waals surface area contributed by atoms with Gasteiger partial charge in [-0.1, -0.05) is 60.3 Å². The fraction of sp³-hybridized carbons (Fsp3) is 0.211. The standard InChI is InChI=1S/C19H20N4OS/c1-14(16-9-5-3-6-10-16)20-18(24)13-25-19-22-21-15(2)23(19)17-11-7-4-8-12-17/h3-12,14H,13H2,1-2H3,(H,20,24). The first-order valence-electron chi connectivity index (χ1n) is 8.09. The van der Waals surface area contributed by atoms with Crippen molar-refractivity contribution in [2.45, 2.75) is 25.0 Å². The van der Waals surface area contributed by atoms with Gasteiger partial charge in [0, 0.05) is 5.69 Å². The molecule has 0 bridgehead atoms. The van der Waals surface area contributed by atoms with Gasteiger partial charge in [0.05, 0.1) is 11.8 Å². The van der Waals surface area contributed by atoms with Crippen LogP contribution in [-0.4, -0.2) is 26.4 Å². The Morgan fingerprint density at radius 2 is 1.72 bits per heavy atom. The van der Waals surface area contributed by atoms with Gasteiger partial charge in [0.25, 0.3) is 0 Å². The van der Waals surface area contributed by atoms with E-state index in [0.717, 1.165) is 17.1 Å². The number of para-hydroxylation sites is 1. The van der Waals surface area contributed by atoms with Gasteiger partial charge in [-0.2, -0.15) is 0 Å². The highest BCUT2D eigenvalue weighted by molar-refractivity contribution is 7.99. The largest absolute Gasteiger partial charge is 0.349 e. The Balaban J connectivity index is 1.63. The van der Waals surface area contributed by atoms with Crippen LogP contribution >= 0.6 is 11.8 Å². The molecule has 1 atom stereocenters. The Bertz CT molecular complexity index is 833. The van der Waals surface area contributed by atoms with Crippen LogP contribution in [0.1, 0.15) is 24.4 Å². The number of benzene rings is 2. The second-order valence-corrected chi connectivity index (χ2v) is 6.63. The van der Waals surface area contributed by atoms with E-state index in [0.29, 0.717) is 10.9 Å². The van der Waals surface area contributed by atoms with Gasteiger partial charge in [-0.05, 0) is 31.5 Å². The first-order valence-corrected chi connectivity index (χ1v) is 9.08. The van der Waals surface area contributed by atoms with Crippen LogP contribution in [0.2, 0.25) is 0 Å². The van der Waals surface area contributed by atoms with Crippen LogP contribution < -0.4 is 5.32 Å². The molecule has 0 saturated carbocycles. The van der Waals surface area contributed by atoms with Gasteiger partial charge in [-0.25, -0.2) is 0 Å². The first-order chi connectivity index (χ1) is 12.1. The van der Waals surface area contributed by atoms with E-state index in [2.05, 4.69) is 15.5 Å². The third-order valence-corrected chi connectivity index (χ3v) is 4.75. The maximum Gasteiger partial charge on any atom is 0.230 e. The average molecular weight is 352 g/mol. The Labute approximate surface area is 151 Å². The molecule has 1 heterocycles. The van der Waals surface area contributed by atoms with Gasteiger partial charge < -0.3 is 5.32 Å². The highest BCUT2D eigenvalue weighted by Crippen LogP contribution is 2.21. The molecule has 1 N–H and O–H groups in total. The minimum absolute atomic E-state index is 0.0250.